The summed E-state index contributed by atoms with van der Waals surface area (Å²) in [5.74, 6) is 1.51. The van der Waals surface area contributed by atoms with Crippen LogP contribution in [0.4, 0.5) is 0 Å². The van der Waals surface area contributed by atoms with Gasteiger partial charge in [-0.05, 0) is 57.1 Å². The fourth-order valence-corrected chi connectivity index (χ4v) is 5.76. The minimum atomic E-state index is -0.744. The fraction of sp³-hybridized carbons (Fsp3) is 0.727. The summed E-state index contributed by atoms with van der Waals surface area (Å²) in [6, 6.07) is 8.13. The van der Waals surface area contributed by atoms with E-state index in [4.69, 9.17) is 24.0 Å². The van der Waals surface area contributed by atoms with Crippen LogP contribution >= 0.6 is 0 Å². The third-order valence-electron chi connectivity index (χ3n) is 7.37. The molecule has 4 aliphatic heterocycles. The van der Waals surface area contributed by atoms with Gasteiger partial charge in [0.25, 0.3) is 0 Å². The topological polar surface area (TPSA) is 46.2 Å². The lowest BCUT2D eigenvalue weighted by Crippen LogP contribution is -2.70. The number of hydrogen-bond acceptors (Lipinski definition) is 5. The number of rotatable bonds is 2. The van der Waals surface area contributed by atoms with Crippen molar-refractivity contribution in [3.05, 3.63) is 29.8 Å². The average Bonchev–Trinajstić information content (AvgIpc) is 2.87. The van der Waals surface area contributed by atoms with Gasteiger partial charge in [-0.15, -0.1) is 0 Å². The molecule has 5 fully saturated rings. The molecule has 27 heavy (non-hydrogen) atoms. The molecule has 0 amide bonds. The number of hydrogen-bond donors (Lipinski definition) is 0. The lowest BCUT2D eigenvalue weighted by molar-refractivity contribution is -0.575. The first-order valence-corrected chi connectivity index (χ1v) is 10.3. The van der Waals surface area contributed by atoms with Gasteiger partial charge in [0.2, 0.25) is 12.1 Å². The summed E-state index contributed by atoms with van der Waals surface area (Å²) in [5, 5.41) is 0. The maximum Gasteiger partial charge on any atom is 0.205 e. The van der Waals surface area contributed by atoms with Gasteiger partial charge in [0.05, 0.1) is 0 Å². The first-order valence-electron chi connectivity index (χ1n) is 10.3. The number of benzene rings is 1. The van der Waals surface area contributed by atoms with E-state index in [2.05, 4.69) is 32.9 Å². The summed E-state index contributed by atoms with van der Waals surface area (Å²) in [6.45, 7) is 8.57. The average molecular weight is 374 g/mol. The van der Waals surface area contributed by atoms with Crippen LogP contribution in [0.3, 0.4) is 0 Å². The summed E-state index contributed by atoms with van der Waals surface area (Å²) in [7, 11) is 0. The second-order valence-electron chi connectivity index (χ2n) is 9.20. The molecule has 8 atom stereocenters. The third kappa shape index (κ3) is 2.66. The highest BCUT2D eigenvalue weighted by Crippen LogP contribution is 2.60. The third-order valence-corrected chi connectivity index (χ3v) is 7.37. The first-order chi connectivity index (χ1) is 12.9. The Morgan fingerprint density at radius 3 is 2.56 bits per heavy atom. The second-order valence-corrected chi connectivity index (χ2v) is 9.20. The van der Waals surface area contributed by atoms with Gasteiger partial charge in [-0.25, -0.2) is 9.78 Å². The van der Waals surface area contributed by atoms with E-state index in [1.807, 2.05) is 19.1 Å². The van der Waals surface area contributed by atoms with Crippen LogP contribution in [0, 0.1) is 30.6 Å². The quantitative estimate of drug-likeness (QED) is 0.709. The Morgan fingerprint density at radius 2 is 1.78 bits per heavy atom. The predicted molar refractivity (Wildman–Crippen MR) is 98.6 cm³/mol. The molecule has 2 bridgehead atoms. The minimum Gasteiger partial charge on any atom is -0.465 e. The Labute approximate surface area is 161 Å². The van der Waals surface area contributed by atoms with Gasteiger partial charge in [0.15, 0.2) is 11.9 Å². The van der Waals surface area contributed by atoms with Gasteiger partial charge in [-0.2, -0.15) is 0 Å². The van der Waals surface area contributed by atoms with Crippen molar-refractivity contribution in [3.8, 4) is 5.75 Å². The summed E-state index contributed by atoms with van der Waals surface area (Å²) in [6.07, 6.45) is 3.34. The van der Waals surface area contributed by atoms with E-state index in [9.17, 15) is 0 Å². The molecule has 5 nitrogen and oxygen atoms in total. The highest BCUT2D eigenvalue weighted by molar-refractivity contribution is 5.26. The molecule has 0 N–H and O–H groups in total. The van der Waals surface area contributed by atoms with E-state index in [1.165, 1.54) is 12.0 Å². The number of aryl methyl sites for hydroxylation is 1. The second kappa shape index (κ2) is 6.18. The van der Waals surface area contributed by atoms with Crippen LogP contribution in [0.15, 0.2) is 24.3 Å². The Bertz CT molecular complexity index is 705. The van der Waals surface area contributed by atoms with Crippen molar-refractivity contribution >= 4 is 0 Å². The maximum atomic E-state index is 6.44. The van der Waals surface area contributed by atoms with Crippen molar-refractivity contribution in [2.75, 3.05) is 0 Å². The van der Waals surface area contributed by atoms with Crippen molar-refractivity contribution in [3.63, 3.8) is 0 Å². The number of fused-ring (bicyclic) bond motifs is 2. The lowest BCUT2D eigenvalue weighted by Gasteiger charge is -2.60. The Hall–Kier alpha value is -1.14. The molecule has 0 aromatic heterocycles. The van der Waals surface area contributed by atoms with Gasteiger partial charge >= 0.3 is 0 Å². The van der Waals surface area contributed by atoms with Gasteiger partial charge in [-0.3, -0.25) is 0 Å². The zero-order chi connectivity index (χ0) is 18.8. The van der Waals surface area contributed by atoms with Gasteiger partial charge in [0, 0.05) is 18.3 Å². The van der Waals surface area contributed by atoms with E-state index in [1.54, 1.807) is 0 Å². The van der Waals surface area contributed by atoms with Crippen LogP contribution in [0.5, 0.6) is 5.75 Å². The van der Waals surface area contributed by atoms with E-state index in [-0.39, 0.29) is 18.1 Å². The molecule has 6 rings (SSSR count). The Balaban J connectivity index is 1.48. The monoisotopic (exact) mass is 374 g/mol. The summed E-state index contributed by atoms with van der Waals surface area (Å²) >= 11 is 0. The largest absolute Gasteiger partial charge is 0.465 e. The van der Waals surface area contributed by atoms with Crippen molar-refractivity contribution < 1.29 is 24.0 Å². The van der Waals surface area contributed by atoms with Crippen LogP contribution in [-0.4, -0.2) is 24.0 Å². The minimum absolute atomic E-state index is 0.187. The fourth-order valence-electron chi connectivity index (χ4n) is 5.76. The molecule has 4 heterocycles. The molecular formula is C22H30O5. The molecule has 1 aromatic carbocycles. The SMILES string of the molecule is Cc1ccc(O[C@@H]2O[C@@H]3O[C@@]4(C)CC[C@H]5[C@H](C)CC[C@@H]([C@H]2C)[C@@]35OO4)cc1. The molecule has 148 valence electrons. The molecule has 0 unspecified atom stereocenters. The smallest absolute Gasteiger partial charge is 0.205 e. The maximum absolute atomic E-state index is 6.44. The molecule has 1 aromatic rings. The van der Waals surface area contributed by atoms with Crippen LogP contribution in [-0.2, 0) is 19.2 Å². The zero-order valence-electron chi connectivity index (χ0n) is 16.6. The molecule has 0 radical (unpaired) electrons. The van der Waals surface area contributed by atoms with Gasteiger partial charge < -0.3 is 14.2 Å². The van der Waals surface area contributed by atoms with Crippen LogP contribution < -0.4 is 4.74 Å². The Morgan fingerprint density at radius 1 is 1.00 bits per heavy atom. The summed E-state index contributed by atoms with van der Waals surface area (Å²) in [5.41, 5.74) is 0.686. The molecule has 1 spiro atoms. The standard InChI is InChI=1S/C22H30O5/c1-13-5-8-16(9-6-13)23-19-15(3)18-10-7-14(2)17-11-12-21(4)25-20(24-19)22(17,18)27-26-21/h5-6,8-9,14-15,17-20H,7,10-12H2,1-4H3/t14-,15-,17+,18+,19-,20-,21-,22-/m1/s1. The van der Waals surface area contributed by atoms with Crippen molar-refractivity contribution in [2.24, 2.45) is 23.7 Å². The summed E-state index contributed by atoms with van der Waals surface area (Å²) < 4.78 is 19.1. The van der Waals surface area contributed by atoms with E-state index >= 15 is 0 Å². The molecule has 4 saturated heterocycles. The van der Waals surface area contributed by atoms with Crippen LogP contribution in [0.2, 0.25) is 0 Å². The highest BCUT2D eigenvalue weighted by Gasteiger charge is 2.69. The van der Waals surface area contributed by atoms with Crippen molar-refractivity contribution in [2.45, 2.75) is 77.3 Å². The Kier molecular flexibility index (Phi) is 4.10. The van der Waals surface area contributed by atoms with Gasteiger partial charge in [0.1, 0.15) is 5.75 Å². The van der Waals surface area contributed by atoms with Crippen molar-refractivity contribution in [1.82, 2.24) is 0 Å². The molecule has 5 aliphatic rings. The number of ether oxygens (including phenoxy) is 3. The van der Waals surface area contributed by atoms with E-state index in [0.29, 0.717) is 11.8 Å². The molecular weight excluding hydrogens is 344 g/mol. The zero-order valence-corrected chi connectivity index (χ0v) is 16.6. The molecule has 1 saturated carbocycles. The van der Waals surface area contributed by atoms with Crippen LogP contribution in [0.1, 0.15) is 52.0 Å². The van der Waals surface area contributed by atoms with E-state index in [0.717, 1.165) is 25.0 Å². The van der Waals surface area contributed by atoms with Crippen molar-refractivity contribution in [1.29, 1.82) is 0 Å². The summed E-state index contributed by atoms with van der Waals surface area (Å²) in [4.78, 5) is 12.0. The van der Waals surface area contributed by atoms with E-state index < -0.39 is 17.7 Å². The first kappa shape index (κ1) is 17.9. The molecule has 1 aliphatic carbocycles. The normalized spacial score (nSPS) is 48.6. The van der Waals surface area contributed by atoms with Crippen LogP contribution in [0.25, 0.3) is 0 Å². The van der Waals surface area contributed by atoms with Gasteiger partial charge in [-0.1, -0.05) is 31.5 Å². The molecule has 5 heteroatoms. The lowest BCUT2D eigenvalue weighted by atomic mass is 9.58. The highest BCUT2D eigenvalue weighted by atomic mass is 17.3. The predicted octanol–water partition coefficient (Wildman–Crippen LogP) is 4.58.